The van der Waals surface area contributed by atoms with Crippen molar-refractivity contribution in [1.29, 1.82) is 5.41 Å². The van der Waals surface area contributed by atoms with Gasteiger partial charge in [0.2, 0.25) is 11.9 Å². The fourth-order valence-corrected chi connectivity index (χ4v) is 1.25. The van der Waals surface area contributed by atoms with Crippen LogP contribution in [-0.2, 0) is 14.5 Å². The second-order valence-electron chi connectivity index (χ2n) is 5.17. The highest BCUT2D eigenvalue weighted by Gasteiger charge is 2.15. The molecule has 0 saturated carbocycles. The highest BCUT2D eigenvalue weighted by atomic mass is 16.7. The minimum absolute atomic E-state index is 0.0845. The van der Waals surface area contributed by atoms with Crippen molar-refractivity contribution in [2.75, 3.05) is 13.2 Å². The first-order chi connectivity index (χ1) is 11.8. The molecule has 0 aliphatic heterocycles. The topological polar surface area (TPSA) is 173 Å². The molecule has 0 amide bonds. The Balaban J connectivity index is 5.07. The van der Waals surface area contributed by atoms with Gasteiger partial charge in [0.1, 0.15) is 0 Å². The summed E-state index contributed by atoms with van der Waals surface area (Å²) in [6.45, 7) is 8.26. The fraction of sp³-hybridized carbons (Fsp3) is 0.769. The quantitative estimate of drug-likeness (QED) is 0.146. The predicted molar refractivity (Wildman–Crippen MR) is 95.3 cm³/mol. The van der Waals surface area contributed by atoms with Crippen molar-refractivity contribution in [3.05, 3.63) is 0 Å². The van der Waals surface area contributed by atoms with E-state index in [1.165, 1.54) is 0 Å². The Morgan fingerprint density at radius 2 is 1.76 bits per heavy atom. The molecule has 0 aliphatic carbocycles. The number of unbranched alkanes of at least 4 members (excludes halogenated alkanes) is 1. The molecule has 12 heteroatoms. The lowest BCUT2D eigenvalue weighted by molar-refractivity contribution is -0.142. The molecule has 12 nitrogen and oxygen atoms in total. The van der Waals surface area contributed by atoms with E-state index in [1.54, 1.807) is 13.8 Å². The molecule has 0 radical (unpaired) electrons. The molecule has 146 valence electrons. The molecule has 0 aromatic carbocycles. The average Bonchev–Trinajstić information content (AvgIpc) is 2.54. The molecule has 0 heterocycles. The van der Waals surface area contributed by atoms with Gasteiger partial charge in [-0.1, -0.05) is 30.6 Å². The summed E-state index contributed by atoms with van der Waals surface area (Å²) in [4.78, 5) is 15.7. The van der Waals surface area contributed by atoms with E-state index >= 15 is 0 Å². The molecule has 0 atom stereocenters. The molecule has 0 fully saturated rings. The van der Waals surface area contributed by atoms with E-state index in [1.807, 2.05) is 13.8 Å². The summed E-state index contributed by atoms with van der Waals surface area (Å²) in [5.74, 6) is -0.768. The van der Waals surface area contributed by atoms with Crippen LogP contribution < -0.4 is 22.7 Å². The third-order valence-electron chi connectivity index (χ3n) is 2.30. The molecule has 0 aromatic rings. The second kappa shape index (κ2) is 13.0. The largest absolute Gasteiger partial charge is 0.367 e. The summed E-state index contributed by atoms with van der Waals surface area (Å²) >= 11 is 0. The summed E-state index contributed by atoms with van der Waals surface area (Å²) in [6, 6.07) is 0. The lowest BCUT2D eigenvalue weighted by Gasteiger charge is -2.22. The summed E-state index contributed by atoms with van der Waals surface area (Å²) in [7, 11) is 0. The zero-order chi connectivity index (χ0) is 19.2. The third-order valence-corrected chi connectivity index (χ3v) is 2.30. The monoisotopic (exact) mass is 361 g/mol. The van der Waals surface area contributed by atoms with Gasteiger partial charge in [-0.15, -0.1) is 10.2 Å². The lowest BCUT2D eigenvalue weighted by Crippen LogP contribution is -2.43. The molecule has 0 spiro atoms. The van der Waals surface area contributed by atoms with E-state index in [9.17, 15) is 0 Å². The Labute approximate surface area is 148 Å². The zero-order valence-corrected chi connectivity index (χ0v) is 15.4. The average molecular weight is 361 g/mol. The Morgan fingerprint density at radius 1 is 1.08 bits per heavy atom. The smallest absolute Gasteiger partial charge is 0.264 e. The van der Waals surface area contributed by atoms with E-state index in [2.05, 4.69) is 15.7 Å². The first-order valence-electron chi connectivity index (χ1n) is 8.11. The molecule has 0 saturated heterocycles. The number of guanidine groups is 3. The van der Waals surface area contributed by atoms with Gasteiger partial charge < -0.3 is 17.2 Å². The summed E-state index contributed by atoms with van der Waals surface area (Å²) < 4.78 is 0. The number of nitrogens with one attached hydrogen (secondary N) is 2. The van der Waals surface area contributed by atoms with Crippen LogP contribution in [0.15, 0.2) is 10.2 Å². The minimum atomic E-state index is -0.445. The molecule has 8 N–H and O–H groups in total. The van der Waals surface area contributed by atoms with Gasteiger partial charge in [0.05, 0.1) is 19.3 Å². The van der Waals surface area contributed by atoms with Crippen LogP contribution in [0.4, 0.5) is 0 Å². The van der Waals surface area contributed by atoms with Crippen LogP contribution in [0.2, 0.25) is 0 Å². The maximum absolute atomic E-state index is 7.44. The number of hydrogen-bond donors (Lipinski definition) is 5. The molecular formula is C13H31N9O3. The van der Waals surface area contributed by atoms with Crippen LogP contribution in [0.25, 0.3) is 0 Å². The number of hydroxylamine groups is 3. The van der Waals surface area contributed by atoms with Crippen molar-refractivity contribution in [3.63, 3.8) is 0 Å². The van der Waals surface area contributed by atoms with E-state index < -0.39 is 5.96 Å². The Kier molecular flexibility index (Phi) is 11.8. The van der Waals surface area contributed by atoms with Crippen LogP contribution in [-0.4, -0.2) is 47.5 Å². The molecule has 0 rings (SSSR count). The second-order valence-corrected chi connectivity index (χ2v) is 5.17. The van der Waals surface area contributed by atoms with E-state index in [-0.39, 0.29) is 18.0 Å². The van der Waals surface area contributed by atoms with Crippen molar-refractivity contribution in [2.45, 2.75) is 53.1 Å². The van der Waals surface area contributed by atoms with Gasteiger partial charge in [0.15, 0.2) is 0 Å². The number of nitrogens with zero attached hydrogens (tertiary/aromatic N) is 4. The van der Waals surface area contributed by atoms with Crippen LogP contribution in [0, 0.1) is 5.41 Å². The van der Waals surface area contributed by atoms with Crippen LogP contribution >= 0.6 is 0 Å². The van der Waals surface area contributed by atoms with E-state index in [0.29, 0.717) is 19.6 Å². The first-order valence-corrected chi connectivity index (χ1v) is 8.11. The highest BCUT2D eigenvalue weighted by molar-refractivity contribution is 5.82. The summed E-state index contributed by atoms with van der Waals surface area (Å²) in [5.41, 5.74) is 19.4. The summed E-state index contributed by atoms with van der Waals surface area (Å²) in [6.07, 6.45) is 2.29. The lowest BCUT2D eigenvalue weighted by atomic mass is 10.4. The predicted octanol–water partition coefficient (Wildman–Crippen LogP) is -0.0538. The number of nitrogens with two attached hydrogens (primary N) is 3. The Bertz CT molecular complexity index is 442. The van der Waals surface area contributed by atoms with Crippen LogP contribution in [0.1, 0.15) is 47.0 Å². The minimum Gasteiger partial charge on any atom is -0.367 e. The number of hydrazone groups is 2. The molecule has 0 unspecified atom stereocenters. The SMILES string of the molecule is CCCCONC(N)=NN(OC(C)C)C(N)=NN(OCCC)C(=N)N. The summed E-state index contributed by atoms with van der Waals surface area (Å²) in [5, 5.41) is 16.9. The Morgan fingerprint density at radius 3 is 2.28 bits per heavy atom. The standard InChI is InChI=1S/C13H31N9O3/c1-5-7-9-23-20-12(16)18-22(25-10(3)4)13(17)19-21(11(14)15)24-8-6-2/h10H,5-9H2,1-4H3,(H3,14,15)(H2,17,19)(H3,16,18,20). The van der Waals surface area contributed by atoms with E-state index in [0.717, 1.165) is 23.2 Å². The van der Waals surface area contributed by atoms with Gasteiger partial charge in [-0.3, -0.25) is 10.2 Å². The van der Waals surface area contributed by atoms with Crippen molar-refractivity contribution in [3.8, 4) is 0 Å². The van der Waals surface area contributed by atoms with Crippen molar-refractivity contribution in [1.82, 2.24) is 15.8 Å². The zero-order valence-electron chi connectivity index (χ0n) is 15.4. The van der Waals surface area contributed by atoms with Gasteiger partial charge in [0, 0.05) is 0 Å². The van der Waals surface area contributed by atoms with Gasteiger partial charge in [0.25, 0.3) is 5.96 Å². The normalized spacial score (nSPS) is 12.4. The van der Waals surface area contributed by atoms with Gasteiger partial charge in [-0.05, 0) is 26.7 Å². The first kappa shape index (κ1) is 22.7. The molecule has 0 aliphatic rings. The van der Waals surface area contributed by atoms with Crippen molar-refractivity contribution < 1.29 is 14.5 Å². The Hall–Kier alpha value is -2.31. The maximum atomic E-state index is 7.44. The molecule has 25 heavy (non-hydrogen) atoms. The van der Waals surface area contributed by atoms with Gasteiger partial charge in [-0.2, -0.15) is 0 Å². The number of hydrogen-bond acceptors (Lipinski definition) is 6. The molecular weight excluding hydrogens is 330 g/mol. The van der Waals surface area contributed by atoms with Crippen molar-refractivity contribution in [2.24, 2.45) is 27.4 Å². The van der Waals surface area contributed by atoms with Gasteiger partial charge in [-0.25, -0.2) is 15.2 Å². The van der Waals surface area contributed by atoms with Crippen LogP contribution in [0.3, 0.4) is 0 Å². The van der Waals surface area contributed by atoms with E-state index in [4.69, 9.17) is 37.1 Å². The van der Waals surface area contributed by atoms with Gasteiger partial charge >= 0.3 is 0 Å². The molecule has 0 bridgehead atoms. The third kappa shape index (κ3) is 11.0. The highest BCUT2D eigenvalue weighted by Crippen LogP contribution is 2.01. The maximum Gasteiger partial charge on any atom is 0.264 e. The fourth-order valence-electron chi connectivity index (χ4n) is 1.25. The van der Waals surface area contributed by atoms with Crippen molar-refractivity contribution >= 4 is 17.9 Å². The van der Waals surface area contributed by atoms with Crippen LogP contribution in [0.5, 0.6) is 0 Å². The number of rotatable bonds is 11. The molecule has 0 aromatic heterocycles.